The standard InChI is InChI=1S/C23H30N6O3/c1-15(24)29-11-9-17(10-12-29)26-23(25)16-7-8-20(30)18(13-16)27-22(32)14-28(2)19-5-3-4-6-21(19)31/h3-8,13,17,24,30-31H,9-12,14H2,1-2H3,(H2,25,26)(H,27,32). The number of aliphatic imine (C=N–C) groups is 1. The molecule has 9 heteroatoms. The maximum Gasteiger partial charge on any atom is 0.243 e. The lowest BCUT2D eigenvalue weighted by Crippen LogP contribution is -2.38. The van der Waals surface area contributed by atoms with Gasteiger partial charge >= 0.3 is 0 Å². The van der Waals surface area contributed by atoms with Gasteiger partial charge in [-0.15, -0.1) is 0 Å². The minimum Gasteiger partial charge on any atom is -0.506 e. The van der Waals surface area contributed by atoms with E-state index in [-0.39, 0.29) is 35.7 Å². The maximum absolute atomic E-state index is 12.5. The minimum atomic E-state index is -0.354. The van der Waals surface area contributed by atoms with Crippen molar-refractivity contribution >= 4 is 29.0 Å². The van der Waals surface area contributed by atoms with Gasteiger partial charge in [-0.2, -0.15) is 0 Å². The number of nitrogens with zero attached hydrogens (tertiary/aromatic N) is 3. The molecule has 2 aromatic carbocycles. The SMILES string of the molecule is CC(=N)N1CCC(N=C(N)c2ccc(O)c(NC(=O)CN(C)c3ccccc3O)c2)CC1. The molecule has 0 unspecified atom stereocenters. The van der Waals surface area contributed by atoms with Crippen LogP contribution in [0.25, 0.3) is 0 Å². The van der Waals surface area contributed by atoms with E-state index in [4.69, 9.17) is 11.1 Å². The number of amides is 1. The molecule has 0 saturated carbocycles. The minimum absolute atomic E-state index is 0.0180. The molecular weight excluding hydrogens is 408 g/mol. The predicted octanol–water partition coefficient (Wildman–Crippen LogP) is 2.34. The van der Waals surface area contributed by atoms with Crippen molar-refractivity contribution in [1.29, 1.82) is 5.41 Å². The summed E-state index contributed by atoms with van der Waals surface area (Å²) in [7, 11) is 1.70. The van der Waals surface area contributed by atoms with Crippen LogP contribution < -0.4 is 16.0 Å². The fourth-order valence-corrected chi connectivity index (χ4v) is 3.67. The summed E-state index contributed by atoms with van der Waals surface area (Å²) in [5.74, 6) is 0.561. The number of anilines is 2. The van der Waals surface area contributed by atoms with Gasteiger partial charge in [0.25, 0.3) is 0 Å². The van der Waals surface area contributed by atoms with Gasteiger partial charge in [0.2, 0.25) is 5.91 Å². The van der Waals surface area contributed by atoms with Gasteiger partial charge in [0.05, 0.1) is 29.8 Å². The Balaban J connectivity index is 1.65. The van der Waals surface area contributed by atoms with Gasteiger partial charge < -0.3 is 31.1 Å². The molecule has 1 amide bonds. The molecule has 9 nitrogen and oxygen atoms in total. The van der Waals surface area contributed by atoms with Gasteiger partial charge in [0.15, 0.2) is 0 Å². The van der Waals surface area contributed by atoms with E-state index in [0.29, 0.717) is 22.9 Å². The molecule has 0 atom stereocenters. The predicted molar refractivity (Wildman–Crippen MR) is 127 cm³/mol. The third-order valence-electron chi connectivity index (χ3n) is 5.50. The number of rotatable bonds is 6. The molecule has 0 bridgehead atoms. The molecule has 170 valence electrons. The average molecular weight is 439 g/mol. The Morgan fingerprint density at radius 1 is 1.22 bits per heavy atom. The number of nitrogens with one attached hydrogen (secondary N) is 2. The molecule has 2 aromatic rings. The molecule has 1 heterocycles. The number of benzene rings is 2. The normalized spacial score (nSPS) is 14.8. The van der Waals surface area contributed by atoms with Crippen molar-refractivity contribution in [3.05, 3.63) is 48.0 Å². The van der Waals surface area contributed by atoms with E-state index >= 15 is 0 Å². The van der Waals surface area contributed by atoms with Crippen LogP contribution >= 0.6 is 0 Å². The van der Waals surface area contributed by atoms with E-state index in [1.165, 1.54) is 6.07 Å². The van der Waals surface area contributed by atoms with E-state index in [2.05, 4.69) is 10.3 Å². The summed E-state index contributed by atoms with van der Waals surface area (Å²) in [6, 6.07) is 11.6. The van der Waals surface area contributed by atoms with Gasteiger partial charge in [0, 0.05) is 25.7 Å². The monoisotopic (exact) mass is 438 g/mol. The fraction of sp³-hybridized carbons (Fsp3) is 0.348. The molecular formula is C23H30N6O3. The van der Waals surface area contributed by atoms with Crippen LogP contribution in [0.5, 0.6) is 11.5 Å². The van der Waals surface area contributed by atoms with E-state index in [9.17, 15) is 15.0 Å². The summed E-state index contributed by atoms with van der Waals surface area (Å²) in [6.07, 6.45) is 1.63. The summed E-state index contributed by atoms with van der Waals surface area (Å²) in [5, 5.41) is 30.6. The first-order valence-corrected chi connectivity index (χ1v) is 10.5. The second-order valence-corrected chi connectivity index (χ2v) is 7.94. The number of carbonyl (C=O) groups excluding carboxylic acids is 1. The number of hydrogen-bond acceptors (Lipinski definition) is 6. The molecule has 1 fully saturated rings. The quantitative estimate of drug-likeness (QED) is 0.267. The third kappa shape index (κ3) is 5.69. The number of hydrogen-bond donors (Lipinski definition) is 5. The summed E-state index contributed by atoms with van der Waals surface area (Å²) in [4.78, 5) is 20.8. The molecule has 1 saturated heterocycles. The zero-order valence-electron chi connectivity index (χ0n) is 18.4. The Bertz CT molecular complexity index is 1010. The fourth-order valence-electron chi connectivity index (χ4n) is 3.67. The number of amidine groups is 2. The van der Waals surface area contributed by atoms with E-state index in [1.807, 2.05) is 4.90 Å². The smallest absolute Gasteiger partial charge is 0.243 e. The first-order chi connectivity index (χ1) is 15.2. The largest absolute Gasteiger partial charge is 0.506 e. The summed E-state index contributed by atoms with van der Waals surface area (Å²) < 4.78 is 0. The topological polar surface area (TPSA) is 138 Å². The van der Waals surface area contributed by atoms with Crippen molar-refractivity contribution in [2.75, 3.05) is 36.9 Å². The highest BCUT2D eigenvalue weighted by molar-refractivity contribution is 6.01. The van der Waals surface area contributed by atoms with E-state index in [0.717, 1.165) is 25.9 Å². The molecule has 0 radical (unpaired) electrons. The first kappa shape index (κ1) is 22.9. The molecule has 0 aliphatic carbocycles. The number of likely N-dealkylation sites (N-methyl/N-ethyl adjacent to an activating group) is 1. The number of likely N-dealkylation sites (tertiary alicyclic amines) is 1. The molecule has 3 rings (SSSR count). The Hall–Kier alpha value is -3.75. The van der Waals surface area contributed by atoms with Crippen molar-refractivity contribution in [2.45, 2.75) is 25.8 Å². The lowest BCUT2D eigenvalue weighted by atomic mass is 10.1. The van der Waals surface area contributed by atoms with Crippen LogP contribution in [0, 0.1) is 5.41 Å². The highest BCUT2D eigenvalue weighted by atomic mass is 16.3. The maximum atomic E-state index is 12.5. The first-order valence-electron chi connectivity index (χ1n) is 10.5. The molecule has 0 aromatic heterocycles. The molecule has 32 heavy (non-hydrogen) atoms. The average Bonchev–Trinajstić information content (AvgIpc) is 2.75. The molecule has 1 aliphatic rings. The number of aromatic hydroxyl groups is 2. The molecule has 0 spiro atoms. The number of carbonyl (C=O) groups is 1. The van der Waals surface area contributed by atoms with Crippen molar-refractivity contribution in [2.24, 2.45) is 10.7 Å². The van der Waals surface area contributed by atoms with Crippen LogP contribution in [0.1, 0.15) is 25.3 Å². The highest BCUT2D eigenvalue weighted by Crippen LogP contribution is 2.27. The number of nitrogens with two attached hydrogens (primary N) is 1. The second-order valence-electron chi connectivity index (χ2n) is 7.94. The van der Waals surface area contributed by atoms with Crippen molar-refractivity contribution in [3.63, 3.8) is 0 Å². The second kappa shape index (κ2) is 10.0. The number of piperidine rings is 1. The zero-order chi connectivity index (χ0) is 23.3. The van der Waals surface area contributed by atoms with Gasteiger partial charge in [0.1, 0.15) is 17.3 Å². The van der Waals surface area contributed by atoms with Gasteiger partial charge in [-0.05, 0) is 50.1 Å². The van der Waals surface area contributed by atoms with Crippen LogP contribution in [0.15, 0.2) is 47.5 Å². The summed E-state index contributed by atoms with van der Waals surface area (Å²) >= 11 is 0. The van der Waals surface area contributed by atoms with Crippen LogP contribution in [0.3, 0.4) is 0 Å². The van der Waals surface area contributed by atoms with Gasteiger partial charge in [-0.1, -0.05) is 12.1 Å². The Morgan fingerprint density at radius 3 is 2.56 bits per heavy atom. The van der Waals surface area contributed by atoms with Crippen molar-refractivity contribution < 1.29 is 15.0 Å². The van der Waals surface area contributed by atoms with E-state index in [1.54, 1.807) is 55.3 Å². The van der Waals surface area contributed by atoms with Gasteiger partial charge in [-0.25, -0.2) is 0 Å². The van der Waals surface area contributed by atoms with Crippen molar-refractivity contribution in [1.82, 2.24) is 4.90 Å². The summed E-state index contributed by atoms with van der Waals surface area (Å²) in [6.45, 7) is 3.32. The van der Waals surface area contributed by atoms with Crippen LogP contribution in [0.4, 0.5) is 11.4 Å². The molecule has 1 aliphatic heterocycles. The number of para-hydroxylation sites is 2. The van der Waals surface area contributed by atoms with Crippen LogP contribution in [-0.4, -0.2) is 65.4 Å². The third-order valence-corrected chi connectivity index (χ3v) is 5.50. The lowest BCUT2D eigenvalue weighted by molar-refractivity contribution is -0.114. The van der Waals surface area contributed by atoms with Crippen molar-refractivity contribution in [3.8, 4) is 11.5 Å². The highest BCUT2D eigenvalue weighted by Gasteiger charge is 2.19. The molecule has 6 N–H and O–H groups in total. The number of phenols is 2. The van der Waals surface area contributed by atoms with Crippen LogP contribution in [-0.2, 0) is 4.79 Å². The number of phenolic OH excluding ortho intramolecular Hbond substituents is 2. The van der Waals surface area contributed by atoms with E-state index < -0.39 is 0 Å². The zero-order valence-corrected chi connectivity index (χ0v) is 18.4. The lowest BCUT2D eigenvalue weighted by Gasteiger charge is -2.31. The summed E-state index contributed by atoms with van der Waals surface area (Å²) in [5.41, 5.74) is 7.59. The van der Waals surface area contributed by atoms with Gasteiger partial charge in [-0.3, -0.25) is 15.2 Å². The van der Waals surface area contributed by atoms with Crippen LogP contribution in [0.2, 0.25) is 0 Å². The Kier molecular flexibility index (Phi) is 7.19. The Labute approximate surface area is 187 Å². The Morgan fingerprint density at radius 2 is 1.91 bits per heavy atom.